The van der Waals surface area contributed by atoms with E-state index in [4.69, 9.17) is 0 Å². The Kier molecular flexibility index (Phi) is 4.24. The van der Waals surface area contributed by atoms with Gasteiger partial charge in [-0.3, -0.25) is 9.78 Å². The molecule has 1 heterocycles. The lowest BCUT2D eigenvalue weighted by Gasteiger charge is -2.11. The Balaban J connectivity index is 2.47. The summed E-state index contributed by atoms with van der Waals surface area (Å²) in [5, 5.41) is 5.69. The van der Waals surface area contributed by atoms with Gasteiger partial charge in [0.15, 0.2) is 0 Å². The van der Waals surface area contributed by atoms with Gasteiger partial charge in [-0.25, -0.2) is 0 Å². The quantitative estimate of drug-likeness (QED) is 0.760. The molecule has 82 valence electrons. The van der Waals surface area contributed by atoms with Gasteiger partial charge in [-0.1, -0.05) is 6.07 Å². The predicted octanol–water partition coefficient (Wildman–Crippen LogP) is 0.614. The summed E-state index contributed by atoms with van der Waals surface area (Å²) in [6, 6.07) is 5.66. The third-order valence-electron chi connectivity index (χ3n) is 2.18. The van der Waals surface area contributed by atoms with Crippen molar-refractivity contribution in [2.24, 2.45) is 0 Å². The minimum absolute atomic E-state index is 0.0114. The Morgan fingerprint density at radius 1 is 1.53 bits per heavy atom. The average molecular weight is 207 g/mol. The highest BCUT2D eigenvalue weighted by Crippen LogP contribution is 1.98. The molecule has 1 rings (SSSR count). The second kappa shape index (κ2) is 5.46. The second-order valence-corrected chi connectivity index (χ2v) is 3.49. The fourth-order valence-electron chi connectivity index (χ4n) is 1.26. The van der Waals surface area contributed by atoms with Crippen LogP contribution in [0.25, 0.3) is 0 Å². The maximum Gasteiger partial charge on any atom is 0.236 e. The minimum atomic E-state index is -0.197. The molecular weight excluding hydrogens is 190 g/mol. The van der Waals surface area contributed by atoms with E-state index in [1.165, 1.54) is 0 Å². The molecule has 15 heavy (non-hydrogen) atoms. The van der Waals surface area contributed by atoms with Crippen LogP contribution >= 0.6 is 0 Å². The van der Waals surface area contributed by atoms with Crippen LogP contribution in [0.1, 0.15) is 18.3 Å². The molecule has 1 amide bonds. The highest BCUT2D eigenvalue weighted by Gasteiger charge is 2.09. The van der Waals surface area contributed by atoms with Crippen LogP contribution < -0.4 is 10.6 Å². The topological polar surface area (TPSA) is 54.0 Å². The largest absolute Gasteiger partial charge is 0.358 e. The lowest BCUT2D eigenvalue weighted by molar-refractivity contribution is -0.122. The molecule has 0 aliphatic carbocycles. The average Bonchev–Trinajstić information content (AvgIpc) is 2.25. The maximum absolute atomic E-state index is 11.2. The van der Waals surface area contributed by atoms with Crippen LogP contribution in [0.2, 0.25) is 0 Å². The Bertz CT molecular complexity index is 338. The number of pyridine rings is 1. The zero-order valence-corrected chi connectivity index (χ0v) is 9.37. The molecule has 0 aromatic carbocycles. The van der Waals surface area contributed by atoms with E-state index in [1.54, 1.807) is 7.05 Å². The van der Waals surface area contributed by atoms with Gasteiger partial charge in [0, 0.05) is 19.3 Å². The van der Waals surface area contributed by atoms with E-state index < -0.39 is 0 Å². The number of carbonyl (C=O) groups is 1. The van der Waals surface area contributed by atoms with Crippen molar-refractivity contribution >= 4 is 5.91 Å². The maximum atomic E-state index is 11.2. The van der Waals surface area contributed by atoms with Gasteiger partial charge in [0.2, 0.25) is 5.91 Å². The zero-order chi connectivity index (χ0) is 11.3. The van der Waals surface area contributed by atoms with E-state index >= 15 is 0 Å². The van der Waals surface area contributed by atoms with Crippen LogP contribution in [-0.4, -0.2) is 24.0 Å². The number of hydrogen-bond acceptors (Lipinski definition) is 3. The third-order valence-corrected chi connectivity index (χ3v) is 2.18. The SMILES string of the molecule is CNC(=O)C(C)NCc1cccc(C)n1. The van der Waals surface area contributed by atoms with Crippen LogP contribution in [0.3, 0.4) is 0 Å². The van der Waals surface area contributed by atoms with Crippen molar-refractivity contribution in [3.05, 3.63) is 29.6 Å². The van der Waals surface area contributed by atoms with Gasteiger partial charge in [0.1, 0.15) is 0 Å². The molecule has 0 aliphatic rings. The van der Waals surface area contributed by atoms with Gasteiger partial charge in [-0.05, 0) is 26.0 Å². The van der Waals surface area contributed by atoms with Crippen LogP contribution in [0.4, 0.5) is 0 Å². The van der Waals surface area contributed by atoms with Gasteiger partial charge in [0.05, 0.1) is 11.7 Å². The first-order valence-electron chi connectivity index (χ1n) is 5.01. The molecule has 2 N–H and O–H groups in total. The number of nitrogens with zero attached hydrogens (tertiary/aromatic N) is 1. The third kappa shape index (κ3) is 3.67. The molecule has 0 fully saturated rings. The van der Waals surface area contributed by atoms with Crippen molar-refractivity contribution in [2.75, 3.05) is 7.05 Å². The standard InChI is InChI=1S/C11H17N3O/c1-8-5-4-6-10(14-8)7-13-9(2)11(15)12-3/h4-6,9,13H,7H2,1-3H3,(H,12,15). The molecule has 1 unspecified atom stereocenters. The summed E-state index contributed by atoms with van der Waals surface area (Å²) in [5.41, 5.74) is 1.94. The van der Waals surface area contributed by atoms with Crippen molar-refractivity contribution in [3.8, 4) is 0 Å². The molecule has 0 saturated heterocycles. The Labute approximate surface area is 90.1 Å². The lowest BCUT2D eigenvalue weighted by atomic mass is 10.2. The highest BCUT2D eigenvalue weighted by molar-refractivity contribution is 5.80. The summed E-state index contributed by atoms with van der Waals surface area (Å²) in [7, 11) is 1.63. The summed E-state index contributed by atoms with van der Waals surface area (Å²) in [4.78, 5) is 15.5. The number of amides is 1. The smallest absolute Gasteiger partial charge is 0.236 e. The number of aryl methyl sites for hydroxylation is 1. The number of rotatable bonds is 4. The Morgan fingerprint density at radius 2 is 2.27 bits per heavy atom. The molecule has 1 aromatic rings. The molecule has 0 aliphatic heterocycles. The van der Waals surface area contributed by atoms with Crippen molar-refractivity contribution in [2.45, 2.75) is 26.4 Å². The summed E-state index contributed by atoms with van der Waals surface area (Å²) >= 11 is 0. The fourth-order valence-corrected chi connectivity index (χ4v) is 1.26. The lowest BCUT2D eigenvalue weighted by Crippen LogP contribution is -2.40. The molecule has 1 aromatic heterocycles. The van der Waals surface area contributed by atoms with E-state index in [-0.39, 0.29) is 11.9 Å². The van der Waals surface area contributed by atoms with E-state index in [1.807, 2.05) is 32.0 Å². The summed E-state index contributed by atoms with van der Waals surface area (Å²) in [6.45, 7) is 4.39. The van der Waals surface area contributed by atoms with Crippen LogP contribution in [0, 0.1) is 6.92 Å². The van der Waals surface area contributed by atoms with E-state index in [2.05, 4.69) is 15.6 Å². The van der Waals surface area contributed by atoms with Gasteiger partial charge in [0.25, 0.3) is 0 Å². The van der Waals surface area contributed by atoms with Gasteiger partial charge >= 0.3 is 0 Å². The number of carbonyl (C=O) groups excluding carboxylic acids is 1. The van der Waals surface area contributed by atoms with E-state index in [0.29, 0.717) is 6.54 Å². The summed E-state index contributed by atoms with van der Waals surface area (Å²) in [6.07, 6.45) is 0. The molecule has 0 spiro atoms. The minimum Gasteiger partial charge on any atom is -0.358 e. The van der Waals surface area contributed by atoms with E-state index in [0.717, 1.165) is 11.4 Å². The van der Waals surface area contributed by atoms with Gasteiger partial charge < -0.3 is 10.6 Å². The fraction of sp³-hybridized carbons (Fsp3) is 0.455. The van der Waals surface area contributed by atoms with Crippen molar-refractivity contribution in [1.29, 1.82) is 0 Å². The van der Waals surface area contributed by atoms with Crippen LogP contribution in [0.15, 0.2) is 18.2 Å². The number of nitrogens with one attached hydrogen (secondary N) is 2. The highest BCUT2D eigenvalue weighted by atomic mass is 16.2. The monoisotopic (exact) mass is 207 g/mol. The molecule has 0 radical (unpaired) electrons. The molecule has 0 bridgehead atoms. The second-order valence-electron chi connectivity index (χ2n) is 3.49. The summed E-state index contributed by atoms with van der Waals surface area (Å²) < 4.78 is 0. The Hall–Kier alpha value is -1.42. The number of hydrogen-bond donors (Lipinski definition) is 2. The van der Waals surface area contributed by atoms with Crippen LogP contribution in [0.5, 0.6) is 0 Å². The van der Waals surface area contributed by atoms with E-state index in [9.17, 15) is 4.79 Å². The molecule has 4 nitrogen and oxygen atoms in total. The molecule has 1 atom stereocenters. The number of aromatic nitrogens is 1. The normalized spacial score (nSPS) is 12.2. The Morgan fingerprint density at radius 3 is 2.87 bits per heavy atom. The first-order chi connectivity index (χ1) is 7.13. The van der Waals surface area contributed by atoms with Crippen molar-refractivity contribution in [1.82, 2.24) is 15.6 Å². The molecular formula is C11H17N3O. The van der Waals surface area contributed by atoms with Crippen molar-refractivity contribution in [3.63, 3.8) is 0 Å². The summed E-state index contributed by atoms with van der Waals surface area (Å²) in [5.74, 6) is -0.0114. The first kappa shape index (κ1) is 11.7. The zero-order valence-electron chi connectivity index (χ0n) is 9.37. The molecule has 4 heteroatoms. The van der Waals surface area contributed by atoms with Gasteiger partial charge in [-0.2, -0.15) is 0 Å². The predicted molar refractivity (Wildman–Crippen MR) is 59.3 cm³/mol. The molecule has 0 saturated carbocycles. The first-order valence-corrected chi connectivity index (χ1v) is 5.01. The van der Waals surface area contributed by atoms with Crippen LogP contribution in [-0.2, 0) is 11.3 Å². The van der Waals surface area contributed by atoms with Crippen molar-refractivity contribution < 1.29 is 4.79 Å². The number of likely N-dealkylation sites (N-methyl/N-ethyl adjacent to an activating group) is 1. The van der Waals surface area contributed by atoms with Gasteiger partial charge in [-0.15, -0.1) is 0 Å².